The van der Waals surface area contributed by atoms with Crippen LogP contribution in [0, 0.1) is 12.3 Å². The minimum absolute atomic E-state index is 0.000599. The van der Waals surface area contributed by atoms with E-state index in [1.54, 1.807) is 0 Å². The lowest BCUT2D eigenvalue weighted by Crippen LogP contribution is -2.53. The van der Waals surface area contributed by atoms with Crippen molar-refractivity contribution in [1.29, 1.82) is 0 Å². The summed E-state index contributed by atoms with van der Waals surface area (Å²) in [4.78, 5) is 18.8. The van der Waals surface area contributed by atoms with Gasteiger partial charge in [-0.05, 0) is 47.1 Å². The Morgan fingerprint density at radius 1 is 1.40 bits per heavy atom. The molecule has 1 atom stereocenters. The average Bonchev–Trinajstić information content (AvgIpc) is 2.40. The molecule has 5 nitrogen and oxygen atoms in total. The van der Waals surface area contributed by atoms with Crippen LogP contribution in [-0.2, 0) is 4.79 Å². The maximum atomic E-state index is 12.5. The lowest BCUT2D eigenvalue weighted by Gasteiger charge is -2.38. The van der Waals surface area contributed by atoms with Crippen molar-refractivity contribution in [2.75, 3.05) is 47.3 Å². The van der Waals surface area contributed by atoms with Crippen LogP contribution in [0.5, 0.6) is 0 Å². The second kappa shape index (κ2) is 8.25. The van der Waals surface area contributed by atoms with E-state index in [0.29, 0.717) is 12.5 Å². The highest BCUT2D eigenvalue weighted by Gasteiger charge is 2.29. The highest BCUT2D eigenvalue weighted by Crippen LogP contribution is 2.16. The Labute approximate surface area is 123 Å². The average molecular weight is 280 g/mol. The monoisotopic (exact) mass is 280 g/mol. The molecule has 0 spiro atoms. The Bertz CT molecular complexity index is 342. The van der Waals surface area contributed by atoms with Crippen molar-refractivity contribution in [1.82, 2.24) is 14.7 Å². The molecule has 1 amide bonds. The summed E-state index contributed by atoms with van der Waals surface area (Å²) in [5.41, 5.74) is 5.91. The summed E-state index contributed by atoms with van der Waals surface area (Å²) in [7, 11) is 6.14. The van der Waals surface area contributed by atoms with Crippen LogP contribution in [0.15, 0.2) is 0 Å². The van der Waals surface area contributed by atoms with Gasteiger partial charge in [0.25, 0.3) is 0 Å². The number of amides is 1. The zero-order chi connectivity index (χ0) is 15.1. The van der Waals surface area contributed by atoms with Gasteiger partial charge in [0.15, 0.2) is 0 Å². The summed E-state index contributed by atoms with van der Waals surface area (Å²) in [6.07, 6.45) is 7.60. The minimum Gasteiger partial charge on any atom is -0.337 e. The van der Waals surface area contributed by atoms with Crippen molar-refractivity contribution in [3.05, 3.63) is 0 Å². The fraction of sp³-hybridized carbons (Fsp3) is 0.800. The molecule has 1 heterocycles. The van der Waals surface area contributed by atoms with Gasteiger partial charge in [-0.1, -0.05) is 0 Å². The van der Waals surface area contributed by atoms with Gasteiger partial charge in [0, 0.05) is 25.6 Å². The van der Waals surface area contributed by atoms with Gasteiger partial charge >= 0.3 is 0 Å². The van der Waals surface area contributed by atoms with Crippen LogP contribution in [0.3, 0.4) is 0 Å². The van der Waals surface area contributed by atoms with E-state index in [1.807, 2.05) is 19.0 Å². The number of carbonyl (C=O) groups excluding carboxylic acids is 1. The molecule has 0 aromatic rings. The summed E-state index contributed by atoms with van der Waals surface area (Å²) >= 11 is 0. The zero-order valence-corrected chi connectivity index (χ0v) is 13.0. The second-order valence-corrected chi connectivity index (χ2v) is 5.88. The molecule has 0 radical (unpaired) electrons. The van der Waals surface area contributed by atoms with Gasteiger partial charge in [-0.15, -0.1) is 12.3 Å². The largest absolute Gasteiger partial charge is 0.337 e. The Morgan fingerprint density at radius 3 is 2.50 bits per heavy atom. The molecule has 0 aliphatic carbocycles. The molecule has 1 aliphatic rings. The van der Waals surface area contributed by atoms with E-state index in [0.717, 1.165) is 39.0 Å². The van der Waals surface area contributed by atoms with Gasteiger partial charge < -0.3 is 20.4 Å². The molecule has 5 heteroatoms. The van der Waals surface area contributed by atoms with Crippen LogP contribution >= 0.6 is 0 Å². The van der Waals surface area contributed by atoms with E-state index in [1.165, 1.54) is 0 Å². The summed E-state index contributed by atoms with van der Waals surface area (Å²) in [6.45, 7) is 3.63. The van der Waals surface area contributed by atoms with Gasteiger partial charge in [-0.3, -0.25) is 4.79 Å². The number of nitrogens with zero attached hydrogens (tertiary/aromatic N) is 3. The van der Waals surface area contributed by atoms with Crippen molar-refractivity contribution >= 4 is 5.91 Å². The molecular weight excluding hydrogens is 252 g/mol. The van der Waals surface area contributed by atoms with Crippen LogP contribution in [0.4, 0.5) is 0 Å². The number of likely N-dealkylation sites (N-methyl/N-ethyl adjacent to an activating group) is 1. The summed E-state index contributed by atoms with van der Waals surface area (Å²) in [5.74, 6) is 2.49. The number of nitrogens with two attached hydrogens (primary N) is 1. The molecule has 0 saturated carbocycles. The van der Waals surface area contributed by atoms with Crippen molar-refractivity contribution in [3.63, 3.8) is 0 Å². The van der Waals surface area contributed by atoms with Gasteiger partial charge in [-0.2, -0.15) is 0 Å². The highest BCUT2D eigenvalue weighted by atomic mass is 16.2. The highest BCUT2D eigenvalue weighted by molar-refractivity contribution is 5.82. The molecular formula is C15H28N4O. The van der Waals surface area contributed by atoms with Crippen molar-refractivity contribution in [2.24, 2.45) is 5.73 Å². The molecule has 2 N–H and O–H groups in total. The Morgan fingerprint density at radius 2 is 2.00 bits per heavy atom. The van der Waals surface area contributed by atoms with E-state index >= 15 is 0 Å². The molecule has 1 rings (SSSR count). The molecule has 1 saturated heterocycles. The maximum absolute atomic E-state index is 12.5. The second-order valence-electron chi connectivity index (χ2n) is 5.88. The summed E-state index contributed by atoms with van der Waals surface area (Å²) in [6, 6.07) is -0.274. The smallest absolute Gasteiger partial charge is 0.240 e. The van der Waals surface area contributed by atoms with Gasteiger partial charge in [0.05, 0.1) is 6.04 Å². The van der Waals surface area contributed by atoms with Crippen molar-refractivity contribution in [2.45, 2.75) is 31.3 Å². The van der Waals surface area contributed by atoms with E-state index in [4.69, 9.17) is 12.2 Å². The quantitative estimate of drug-likeness (QED) is 0.686. The topological polar surface area (TPSA) is 52.8 Å². The molecule has 0 bridgehead atoms. The van der Waals surface area contributed by atoms with Crippen LogP contribution < -0.4 is 5.73 Å². The van der Waals surface area contributed by atoms with Crippen LogP contribution in [0.2, 0.25) is 0 Å². The van der Waals surface area contributed by atoms with Gasteiger partial charge in [-0.25, -0.2) is 0 Å². The first-order valence-corrected chi connectivity index (χ1v) is 7.28. The minimum atomic E-state index is -0.568. The predicted octanol–water partition coefficient (Wildman–Crippen LogP) is -0.179. The lowest BCUT2D eigenvalue weighted by molar-refractivity contribution is -0.136. The molecule has 1 unspecified atom stereocenters. The normalized spacial score (nSPS) is 18.8. The van der Waals surface area contributed by atoms with E-state index in [2.05, 4.69) is 22.8 Å². The lowest BCUT2D eigenvalue weighted by atomic mass is 10.0. The van der Waals surface area contributed by atoms with Crippen molar-refractivity contribution in [3.8, 4) is 12.3 Å². The van der Waals surface area contributed by atoms with E-state index in [9.17, 15) is 4.79 Å². The molecule has 1 aliphatic heterocycles. The molecule has 0 aromatic carbocycles. The first-order chi connectivity index (χ1) is 9.45. The number of rotatable bonds is 6. The van der Waals surface area contributed by atoms with E-state index < -0.39 is 6.04 Å². The standard InChI is InChI=1S/C15H28N4O/c1-5-6-14(16)15(20)19(12-11-17(2)3)13-7-9-18(4)10-8-13/h1,13-14H,6-12,16H2,2-4H3. The molecule has 0 aromatic heterocycles. The summed E-state index contributed by atoms with van der Waals surface area (Å²) in [5, 5.41) is 0. The third-order valence-electron chi connectivity index (χ3n) is 3.86. The first-order valence-electron chi connectivity index (χ1n) is 7.28. The van der Waals surface area contributed by atoms with Crippen LogP contribution in [-0.4, -0.2) is 80.0 Å². The SMILES string of the molecule is C#CCC(N)C(=O)N(CCN(C)C)C1CCN(C)CC1. The fourth-order valence-corrected chi connectivity index (χ4v) is 2.51. The third kappa shape index (κ3) is 5.12. The zero-order valence-electron chi connectivity index (χ0n) is 13.0. The fourth-order valence-electron chi connectivity index (χ4n) is 2.51. The number of piperidine rings is 1. The number of carbonyl (C=O) groups is 1. The number of hydrogen-bond donors (Lipinski definition) is 1. The van der Waals surface area contributed by atoms with E-state index in [-0.39, 0.29) is 5.91 Å². The number of terminal acetylenes is 1. The Balaban J connectivity index is 2.69. The molecule has 114 valence electrons. The first kappa shape index (κ1) is 17.0. The van der Waals surface area contributed by atoms with Crippen molar-refractivity contribution < 1.29 is 4.79 Å². The van der Waals surface area contributed by atoms with Crippen LogP contribution in [0.25, 0.3) is 0 Å². The predicted molar refractivity (Wildman–Crippen MR) is 82.2 cm³/mol. The third-order valence-corrected chi connectivity index (χ3v) is 3.86. The number of likely N-dealkylation sites (tertiary alicyclic amines) is 1. The van der Waals surface area contributed by atoms with Gasteiger partial charge in [0.2, 0.25) is 5.91 Å². The Kier molecular flexibility index (Phi) is 7.00. The maximum Gasteiger partial charge on any atom is 0.240 e. The Hall–Kier alpha value is -1.09. The van der Waals surface area contributed by atoms with Crippen LogP contribution in [0.1, 0.15) is 19.3 Å². The molecule has 1 fully saturated rings. The molecule has 20 heavy (non-hydrogen) atoms. The van der Waals surface area contributed by atoms with Gasteiger partial charge in [0.1, 0.15) is 0 Å². The number of hydrogen-bond acceptors (Lipinski definition) is 4. The summed E-state index contributed by atoms with van der Waals surface area (Å²) < 4.78 is 0.